The minimum Gasteiger partial charge on any atom is -0.458 e. The van der Waals surface area contributed by atoms with Crippen molar-refractivity contribution in [1.82, 2.24) is 5.32 Å². The average Bonchev–Trinajstić information content (AvgIpc) is 2.39. The lowest BCUT2D eigenvalue weighted by Gasteiger charge is -2.37. The SMILES string of the molecule is C[C@@H](CO[Si](C)(C)C(C)(C)C)C[C@H](NC(=O)OC(C)(C)C)C(=O)OC(C)(C)C. The zero-order valence-corrected chi connectivity index (χ0v) is 21.1. The number of alkyl carbamates (subject to hydrolysis) is 1. The lowest BCUT2D eigenvalue weighted by atomic mass is 10.0. The van der Waals surface area contributed by atoms with Gasteiger partial charge in [-0.25, -0.2) is 9.59 Å². The molecule has 0 unspecified atom stereocenters. The van der Waals surface area contributed by atoms with Crippen LogP contribution in [0.1, 0.15) is 75.7 Å². The molecule has 0 aliphatic rings. The van der Waals surface area contributed by atoms with Gasteiger partial charge in [0.25, 0.3) is 0 Å². The first-order valence-electron chi connectivity index (χ1n) is 10.1. The first-order valence-corrected chi connectivity index (χ1v) is 13.0. The maximum absolute atomic E-state index is 12.6. The van der Waals surface area contributed by atoms with Crippen LogP contribution in [0.25, 0.3) is 0 Å². The Hall–Kier alpha value is -1.08. The van der Waals surface area contributed by atoms with Crippen LogP contribution < -0.4 is 5.32 Å². The molecule has 0 aromatic heterocycles. The molecule has 0 fully saturated rings. The first-order chi connectivity index (χ1) is 12.2. The molecule has 7 heteroatoms. The zero-order chi connectivity index (χ0) is 22.6. The summed E-state index contributed by atoms with van der Waals surface area (Å²) in [5.74, 6) is -0.390. The standard InChI is InChI=1S/C21H43NO5Si/c1-15(14-25-28(11,12)21(8,9)10)13-16(17(23)26-19(2,3)4)22-18(24)27-20(5,6)7/h15-16H,13-14H2,1-12H3,(H,22,24)/t15-,16+/m1/s1. The van der Waals surface area contributed by atoms with Gasteiger partial charge in [-0.2, -0.15) is 0 Å². The fourth-order valence-corrected chi connectivity index (χ4v) is 3.21. The van der Waals surface area contributed by atoms with E-state index in [1.807, 2.05) is 6.92 Å². The minimum absolute atomic E-state index is 0.0709. The number of carbonyl (C=O) groups is 2. The molecule has 0 radical (unpaired) electrons. The molecule has 0 saturated heterocycles. The van der Waals surface area contributed by atoms with Gasteiger partial charge in [0.05, 0.1) is 0 Å². The summed E-state index contributed by atoms with van der Waals surface area (Å²) in [5.41, 5.74) is -1.27. The lowest BCUT2D eigenvalue weighted by molar-refractivity contribution is -0.158. The summed E-state index contributed by atoms with van der Waals surface area (Å²) < 4.78 is 17.1. The van der Waals surface area contributed by atoms with Crippen molar-refractivity contribution < 1.29 is 23.5 Å². The van der Waals surface area contributed by atoms with Gasteiger partial charge in [-0.15, -0.1) is 0 Å². The van der Waals surface area contributed by atoms with E-state index in [4.69, 9.17) is 13.9 Å². The number of carbonyl (C=O) groups excluding carboxylic acids is 2. The number of esters is 1. The van der Waals surface area contributed by atoms with Crippen LogP contribution in [0.15, 0.2) is 0 Å². The molecule has 0 saturated carbocycles. The Morgan fingerprint density at radius 2 is 1.36 bits per heavy atom. The monoisotopic (exact) mass is 417 g/mol. The highest BCUT2D eigenvalue weighted by Crippen LogP contribution is 2.36. The predicted octanol–water partition coefficient (Wildman–Crippen LogP) is 5.27. The summed E-state index contributed by atoms with van der Waals surface area (Å²) in [6, 6.07) is -0.785. The summed E-state index contributed by atoms with van der Waals surface area (Å²) in [7, 11) is -1.88. The summed E-state index contributed by atoms with van der Waals surface area (Å²) in [4.78, 5) is 24.8. The Labute approximate surface area is 173 Å². The second kappa shape index (κ2) is 9.61. The Bertz CT molecular complexity index is 526. The van der Waals surface area contributed by atoms with Crippen molar-refractivity contribution in [3.63, 3.8) is 0 Å². The van der Waals surface area contributed by atoms with Gasteiger partial charge >= 0.3 is 12.1 Å². The molecule has 0 spiro atoms. The molecule has 0 bridgehead atoms. The maximum Gasteiger partial charge on any atom is 0.408 e. The molecule has 2 atom stereocenters. The smallest absolute Gasteiger partial charge is 0.408 e. The molecule has 0 aliphatic heterocycles. The van der Waals surface area contributed by atoms with Gasteiger partial charge in [0.1, 0.15) is 17.2 Å². The first kappa shape index (κ1) is 26.9. The molecular formula is C21H43NO5Si. The molecule has 6 nitrogen and oxygen atoms in total. The Morgan fingerprint density at radius 1 is 0.893 bits per heavy atom. The van der Waals surface area contributed by atoms with Crippen LogP contribution in [0.4, 0.5) is 4.79 Å². The number of ether oxygens (including phenoxy) is 2. The third-order valence-corrected chi connectivity index (χ3v) is 9.06. The zero-order valence-electron chi connectivity index (χ0n) is 20.1. The van der Waals surface area contributed by atoms with E-state index in [2.05, 4.69) is 39.2 Å². The van der Waals surface area contributed by atoms with Crippen molar-refractivity contribution in [3.8, 4) is 0 Å². The van der Waals surface area contributed by atoms with E-state index >= 15 is 0 Å². The molecule has 0 aliphatic carbocycles. The third kappa shape index (κ3) is 11.0. The summed E-state index contributed by atoms with van der Waals surface area (Å²) in [5, 5.41) is 2.79. The van der Waals surface area contributed by atoms with Gasteiger partial charge in [0.15, 0.2) is 8.32 Å². The molecule has 166 valence electrons. The van der Waals surface area contributed by atoms with E-state index in [0.717, 1.165) is 0 Å². The molecule has 0 aromatic carbocycles. The summed E-state index contributed by atoms with van der Waals surface area (Å²) in [6.07, 6.45) is -0.205. The van der Waals surface area contributed by atoms with Gasteiger partial charge in [-0.3, -0.25) is 0 Å². The van der Waals surface area contributed by atoms with Crippen LogP contribution in [-0.2, 0) is 18.7 Å². The number of amides is 1. The van der Waals surface area contributed by atoms with E-state index in [0.29, 0.717) is 13.0 Å². The van der Waals surface area contributed by atoms with Crippen LogP contribution in [-0.4, -0.2) is 44.2 Å². The molecule has 28 heavy (non-hydrogen) atoms. The van der Waals surface area contributed by atoms with Crippen LogP contribution in [0.5, 0.6) is 0 Å². The van der Waals surface area contributed by atoms with E-state index < -0.39 is 37.6 Å². The van der Waals surface area contributed by atoms with Crippen LogP contribution in [0, 0.1) is 5.92 Å². The topological polar surface area (TPSA) is 73.9 Å². The molecule has 0 aromatic rings. The number of rotatable bonds is 7. The molecule has 0 rings (SSSR count). The molecule has 1 amide bonds. The Kier molecular flexibility index (Phi) is 9.24. The molecule has 0 heterocycles. The van der Waals surface area contributed by atoms with E-state index in [9.17, 15) is 9.59 Å². The highest BCUT2D eigenvalue weighted by molar-refractivity contribution is 6.74. The van der Waals surface area contributed by atoms with Crippen molar-refractivity contribution >= 4 is 20.4 Å². The fraction of sp³-hybridized carbons (Fsp3) is 0.905. The van der Waals surface area contributed by atoms with Crippen LogP contribution >= 0.6 is 0 Å². The third-order valence-electron chi connectivity index (χ3n) is 4.56. The van der Waals surface area contributed by atoms with Crippen molar-refractivity contribution in [2.45, 2.75) is 111 Å². The van der Waals surface area contributed by atoms with Gasteiger partial charge in [0.2, 0.25) is 0 Å². The highest BCUT2D eigenvalue weighted by Gasteiger charge is 2.38. The summed E-state index contributed by atoms with van der Waals surface area (Å²) in [6.45, 7) is 24.3. The van der Waals surface area contributed by atoms with Crippen molar-refractivity contribution in [3.05, 3.63) is 0 Å². The van der Waals surface area contributed by atoms with Crippen molar-refractivity contribution in [1.29, 1.82) is 0 Å². The number of hydrogen-bond acceptors (Lipinski definition) is 5. The molecular weight excluding hydrogens is 374 g/mol. The van der Waals surface area contributed by atoms with Gasteiger partial charge in [0, 0.05) is 6.61 Å². The van der Waals surface area contributed by atoms with Crippen molar-refractivity contribution in [2.24, 2.45) is 5.92 Å². The lowest BCUT2D eigenvalue weighted by Crippen LogP contribution is -2.47. The Morgan fingerprint density at radius 3 is 1.75 bits per heavy atom. The van der Waals surface area contributed by atoms with E-state index in [1.165, 1.54) is 0 Å². The number of nitrogens with one attached hydrogen (secondary N) is 1. The van der Waals surface area contributed by atoms with Crippen molar-refractivity contribution in [2.75, 3.05) is 6.61 Å². The van der Waals surface area contributed by atoms with Gasteiger partial charge < -0.3 is 19.2 Å². The summed E-state index contributed by atoms with van der Waals surface area (Å²) >= 11 is 0. The van der Waals surface area contributed by atoms with E-state index in [-0.39, 0.29) is 11.0 Å². The van der Waals surface area contributed by atoms with E-state index in [1.54, 1.807) is 41.5 Å². The average molecular weight is 418 g/mol. The second-order valence-electron chi connectivity index (χ2n) is 11.1. The predicted molar refractivity (Wildman–Crippen MR) is 116 cm³/mol. The van der Waals surface area contributed by atoms with Crippen LogP contribution in [0.3, 0.4) is 0 Å². The molecule has 1 N–H and O–H groups in total. The highest BCUT2D eigenvalue weighted by atomic mass is 28.4. The maximum atomic E-state index is 12.6. The fourth-order valence-electron chi connectivity index (χ4n) is 2.07. The Balaban J connectivity index is 5.10. The minimum atomic E-state index is -1.88. The number of hydrogen-bond donors (Lipinski definition) is 1. The largest absolute Gasteiger partial charge is 0.458 e. The normalized spacial score (nSPS) is 15.6. The van der Waals surface area contributed by atoms with Crippen LogP contribution in [0.2, 0.25) is 18.1 Å². The van der Waals surface area contributed by atoms with Gasteiger partial charge in [-0.05, 0) is 72.0 Å². The quantitative estimate of drug-likeness (QED) is 0.451. The van der Waals surface area contributed by atoms with Gasteiger partial charge in [-0.1, -0.05) is 27.7 Å². The second-order valence-corrected chi connectivity index (χ2v) is 16.0.